The summed E-state index contributed by atoms with van der Waals surface area (Å²) >= 11 is 6.50. The highest BCUT2D eigenvalue weighted by atomic mass is 35.5. The van der Waals surface area contributed by atoms with Gasteiger partial charge in [-0.05, 0) is 41.8 Å². The Kier molecular flexibility index (Phi) is 6.10. The third-order valence-electron chi connectivity index (χ3n) is 5.63. The summed E-state index contributed by atoms with van der Waals surface area (Å²) in [6, 6.07) is 17.8. The van der Waals surface area contributed by atoms with Crippen LogP contribution in [0.15, 0.2) is 73.2 Å². The van der Waals surface area contributed by atoms with E-state index in [-0.39, 0.29) is 5.91 Å². The number of carbonyl (C=O) groups excluding carboxylic acids is 1. The Bertz CT molecular complexity index is 1350. The van der Waals surface area contributed by atoms with Crippen molar-refractivity contribution in [3.8, 4) is 28.1 Å². The van der Waals surface area contributed by atoms with Crippen LogP contribution in [0.3, 0.4) is 0 Å². The molecular weight excluding hydrogens is 450 g/mol. The molecule has 4 aromatic rings. The summed E-state index contributed by atoms with van der Waals surface area (Å²) in [5, 5.41) is 3.61. The quantitative estimate of drug-likeness (QED) is 0.386. The van der Waals surface area contributed by atoms with E-state index in [9.17, 15) is 4.79 Å². The standard InChI is InChI=1S/C26H22ClN5O2/c1-34-22-11-18(17-6-3-2-4-7-17)10-19(12-22)25-23(27)16-29-26(31-25)30-20-13-21(15-28-14-20)32-9-5-8-24(32)33/h2-4,6-7,10-16H,5,8-9H2,1H3,(H,29,30,31). The van der Waals surface area contributed by atoms with Crippen LogP contribution in [0.2, 0.25) is 5.02 Å². The molecular formula is C26H22ClN5O2. The van der Waals surface area contributed by atoms with Crippen molar-refractivity contribution in [2.75, 3.05) is 23.9 Å². The van der Waals surface area contributed by atoms with Crippen LogP contribution >= 0.6 is 11.6 Å². The maximum atomic E-state index is 12.1. The molecule has 1 saturated heterocycles. The first kappa shape index (κ1) is 21.9. The summed E-state index contributed by atoms with van der Waals surface area (Å²) in [5.41, 5.74) is 4.87. The first-order valence-electron chi connectivity index (χ1n) is 10.9. The summed E-state index contributed by atoms with van der Waals surface area (Å²) in [4.78, 5) is 27.1. The number of halogens is 1. The van der Waals surface area contributed by atoms with E-state index in [0.29, 0.717) is 41.1 Å². The topological polar surface area (TPSA) is 80.2 Å². The number of rotatable bonds is 6. The second kappa shape index (κ2) is 9.49. The molecule has 34 heavy (non-hydrogen) atoms. The monoisotopic (exact) mass is 471 g/mol. The van der Waals surface area contributed by atoms with E-state index in [1.54, 1.807) is 30.6 Å². The number of nitrogens with one attached hydrogen (secondary N) is 1. The van der Waals surface area contributed by atoms with E-state index >= 15 is 0 Å². The molecule has 2 aromatic heterocycles. The van der Waals surface area contributed by atoms with Gasteiger partial charge in [0.05, 0.1) is 47.8 Å². The molecule has 0 spiro atoms. The SMILES string of the molecule is COc1cc(-c2ccccc2)cc(-c2nc(Nc3cncc(N4CCCC4=O)c3)ncc2Cl)c1. The second-order valence-corrected chi connectivity index (χ2v) is 8.32. The smallest absolute Gasteiger partial charge is 0.227 e. The number of hydrogen-bond acceptors (Lipinski definition) is 6. The van der Waals surface area contributed by atoms with Crippen molar-refractivity contribution in [2.45, 2.75) is 12.8 Å². The Balaban J connectivity index is 1.48. The Morgan fingerprint density at radius 3 is 2.59 bits per heavy atom. The van der Waals surface area contributed by atoms with Crippen LogP contribution in [-0.4, -0.2) is 34.5 Å². The van der Waals surface area contributed by atoms with Crippen molar-refractivity contribution >= 4 is 34.8 Å². The van der Waals surface area contributed by atoms with Gasteiger partial charge in [0.2, 0.25) is 11.9 Å². The molecule has 2 aromatic carbocycles. The molecule has 1 aliphatic rings. The van der Waals surface area contributed by atoms with Crippen LogP contribution in [0.1, 0.15) is 12.8 Å². The van der Waals surface area contributed by atoms with Crippen molar-refractivity contribution in [1.82, 2.24) is 15.0 Å². The van der Waals surface area contributed by atoms with Crippen LogP contribution < -0.4 is 15.0 Å². The van der Waals surface area contributed by atoms with Gasteiger partial charge in [-0.1, -0.05) is 41.9 Å². The van der Waals surface area contributed by atoms with Gasteiger partial charge in [0.25, 0.3) is 0 Å². The lowest BCUT2D eigenvalue weighted by Gasteiger charge is -2.16. The maximum absolute atomic E-state index is 12.1. The van der Waals surface area contributed by atoms with Gasteiger partial charge in [-0.3, -0.25) is 9.78 Å². The van der Waals surface area contributed by atoms with E-state index in [2.05, 4.69) is 20.3 Å². The van der Waals surface area contributed by atoms with E-state index in [0.717, 1.165) is 28.8 Å². The summed E-state index contributed by atoms with van der Waals surface area (Å²) < 4.78 is 5.53. The number of methoxy groups -OCH3 is 1. The van der Waals surface area contributed by atoms with Gasteiger partial charge in [-0.25, -0.2) is 9.97 Å². The van der Waals surface area contributed by atoms with Gasteiger partial charge < -0.3 is 15.0 Å². The molecule has 3 heterocycles. The molecule has 0 radical (unpaired) electrons. The van der Waals surface area contributed by atoms with Crippen LogP contribution in [0.25, 0.3) is 22.4 Å². The average molecular weight is 472 g/mol. The Labute approximate surface area is 202 Å². The van der Waals surface area contributed by atoms with E-state index in [1.807, 2.05) is 54.6 Å². The van der Waals surface area contributed by atoms with Gasteiger partial charge in [0.15, 0.2) is 0 Å². The maximum Gasteiger partial charge on any atom is 0.227 e. The minimum absolute atomic E-state index is 0.108. The minimum atomic E-state index is 0.108. The fraction of sp³-hybridized carbons (Fsp3) is 0.154. The molecule has 0 unspecified atom stereocenters. The average Bonchev–Trinajstić information content (AvgIpc) is 3.31. The molecule has 1 aliphatic heterocycles. The predicted molar refractivity (Wildman–Crippen MR) is 134 cm³/mol. The van der Waals surface area contributed by atoms with Crippen LogP contribution in [0, 0.1) is 0 Å². The van der Waals surface area contributed by atoms with Crippen molar-refractivity contribution in [3.05, 3.63) is 78.2 Å². The van der Waals surface area contributed by atoms with Gasteiger partial charge in [-0.15, -0.1) is 0 Å². The van der Waals surface area contributed by atoms with Gasteiger partial charge in [0.1, 0.15) is 5.75 Å². The number of anilines is 3. The first-order valence-corrected chi connectivity index (χ1v) is 11.3. The van der Waals surface area contributed by atoms with E-state index in [1.165, 1.54) is 0 Å². The Morgan fingerprint density at radius 2 is 1.82 bits per heavy atom. The highest BCUT2D eigenvalue weighted by Crippen LogP contribution is 2.34. The zero-order valence-electron chi connectivity index (χ0n) is 18.5. The minimum Gasteiger partial charge on any atom is -0.497 e. The number of pyridine rings is 1. The van der Waals surface area contributed by atoms with Crippen molar-refractivity contribution in [3.63, 3.8) is 0 Å². The third kappa shape index (κ3) is 4.56. The van der Waals surface area contributed by atoms with Crippen LogP contribution in [0.4, 0.5) is 17.3 Å². The molecule has 0 bridgehead atoms. The Hall–Kier alpha value is -3.97. The normalized spacial score (nSPS) is 13.2. The fourth-order valence-electron chi connectivity index (χ4n) is 3.97. The molecule has 1 amide bonds. The van der Waals surface area contributed by atoms with E-state index < -0.39 is 0 Å². The number of carbonyl (C=O) groups is 1. The molecule has 1 fully saturated rings. The molecule has 0 aliphatic carbocycles. The van der Waals surface area contributed by atoms with Crippen molar-refractivity contribution < 1.29 is 9.53 Å². The predicted octanol–water partition coefficient (Wildman–Crippen LogP) is 5.74. The third-order valence-corrected chi connectivity index (χ3v) is 5.91. The van der Waals surface area contributed by atoms with Crippen LogP contribution in [0.5, 0.6) is 5.75 Å². The molecule has 1 N–H and O–H groups in total. The highest BCUT2D eigenvalue weighted by Gasteiger charge is 2.22. The van der Waals surface area contributed by atoms with Gasteiger partial charge in [0, 0.05) is 18.5 Å². The molecule has 170 valence electrons. The van der Waals surface area contributed by atoms with Crippen LogP contribution in [-0.2, 0) is 4.79 Å². The molecule has 8 heteroatoms. The number of amides is 1. The zero-order valence-corrected chi connectivity index (χ0v) is 19.3. The second-order valence-electron chi connectivity index (χ2n) is 7.91. The lowest BCUT2D eigenvalue weighted by atomic mass is 10.0. The van der Waals surface area contributed by atoms with Crippen molar-refractivity contribution in [2.24, 2.45) is 0 Å². The first-order chi connectivity index (χ1) is 16.6. The van der Waals surface area contributed by atoms with E-state index in [4.69, 9.17) is 16.3 Å². The number of hydrogen-bond donors (Lipinski definition) is 1. The van der Waals surface area contributed by atoms with Gasteiger partial charge >= 0.3 is 0 Å². The van der Waals surface area contributed by atoms with Crippen molar-refractivity contribution in [1.29, 1.82) is 0 Å². The largest absolute Gasteiger partial charge is 0.497 e. The number of ether oxygens (including phenoxy) is 1. The molecule has 7 nitrogen and oxygen atoms in total. The molecule has 0 atom stereocenters. The molecule has 5 rings (SSSR count). The highest BCUT2D eigenvalue weighted by molar-refractivity contribution is 6.33. The summed E-state index contributed by atoms with van der Waals surface area (Å²) in [6.07, 6.45) is 6.33. The number of benzene rings is 2. The zero-order chi connectivity index (χ0) is 23.5. The molecule has 0 saturated carbocycles. The lowest BCUT2D eigenvalue weighted by molar-refractivity contribution is -0.117. The van der Waals surface area contributed by atoms with Gasteiger partial charge in [-0.2, -0.15) is 0 Å². The Morgan fingerprint density at radius 1 is 1.00 bits per heavy atom. The summed E-state index contributed by atoms with van der Waals surface area (Å²) in [5.74, 6) is 1.18. The fourth-order valence-corrected chi connectivity index (χ4v) is 4.17. The lowest BCUT2D eigenvalue weighted by Crippen LogP contribution is -2.23. The number of aromatic nitrogens is 3. The summed E-state index contributed by atoms with van der Waals surface area (Å²) in [7, 11) is 1.63. The summed E-state index contributed by atoms with van der Waals surface area (Å²) in [6.45, 7) is 0.700. The number of nitrogens with zero attached hydrogens (tertiary/aromatic N) is 4.